The van der Waals surface area contributed by atoms with Crippen molar-refractivity contribution in [3.05, 3.63) is 89.0 Å². The number of nitrogens with zero attached hydrogens (tertiary/aromatic N) is 3. The number of carbonyl (C=O) groups excluding carboxylic acids is 3. The van der Waals surface area contributed by atoms with Crippen LogP contribution in [-0.2, 0) is 32.9 Å². The van der Waals surface area contributed by atoms with Crippen molar-refractivity contribution in [2.45, 2.75) is 50.6 Å². The predicted octanol–water partition coefficient (Wildman–Crippen LogP) is 5.93. The average Bonchev–Trinajstić information content (AvgIpc) is 3.43. The number of carbonyl (C=O) groups is 3. The molecule has 220 valence electrons. The van der Waals surface area contributed by atoms with Crippen LogP contribution in [0.5, 0.6) is 0 Å². The minimum absolute atomic E-state index is 0.0224. The van der Waals surface area contributed by atoms with Crippen LogP contribution in [0.15, 0.2) is 60.9 Å². The Bertz CT molecular complexity index is 1550. The van der Waals surface area contributed by atoms with Crippen molar-refractivity contribution in [1.29, 1.82) is 0 Å². The van der Waals surface area contributed by atoms with Gasteiger partial charge in [0.15, 0.2) is 0 Å². The first-order chi connectivity index (χ1) is 19.8. The second kappa shape index (κ2) is 10.8. The molecule has 0 saturated carbocycles. The number of hydrogen-bond acceptors (Lipinski definition) is 5. The summed E-state index contributed by atoms with van der Waals surface area (Å²) in [6.07, 6.45) is -5.96. The maximum absolute atomic E-state index is 13.6. The molecule has 5 rings (SSSR count). The summed E-state index contributed by atoms with van der Waals surface area (Å²) in [6.45, 7) is -0.778. The van der Waals surface area contributed by atoms with Crippen LogP contribution in [0.25, 0.3) is 11.1 Å². The molecule has 0 N–H and O–H groups in total. The third-order valence-electron chi connectivity index (χ3n) is 7.53. The molecule has 0 unspecified atom stereocenters. The molecule has 42 heavy (non-hydrogen) atoms. The number of aromatic nitrogens is 1. The van der Waals surface area contributed by atoms with Gasteiger partial charge in [0.1, 0.15) is 18.4 Å². The van der Waals surface area contributed by atoms with E-state index >= 15 is 0 Å². The lowest BCUT2D eigenvalue weighted by Crippen LogP contribution is -2.51. The van der Waals surface area contributed by atoms with Gasteiger partial charge in [-0.25, -0.2) is 22.9 Å². The van der Waals surface area contributed by atoms with Crippen molar-refractivity contribution in [3.8, 4) is 11.1 Å². The minimum Gasteiger partial charge on any atom is -0.427 e. The molecule has 7 nitrogen and oxygen atoms in total. The van der Waals surface area contributed by atoms with Gasteiger partial charge >= 0.3 is 12.3 Å². The van der Waals surface area contributed by atoms with Gasteiger partial charge in [-0.15, -0.1) is 0 Å². The van der Waals surface area contributed by atoms with Crippen LogP contribution < -0.4 is 0 Å². The second-order valence-electron chi connectivity index (χ2n) is 10.1. The molecule has 2 heterocycles. The maximum atomic E-state index is 13.6. The number of pyridine rings is 1. The summed E-state index contributed by atoms with van der Waals surface area (Å²) in [7, 11) is 0. The molecule has 1 aliphatic carbocycles. The molecule has 3 aromatic rings. The first kappa shape index (κ1) is 29.1. The monoisotopic (exact) mass is 591 g/mol. The number of hydrogen-bond donors (Lipinski definition) is 0. The molecule has 2 atom stereocenters. The molecule has 0 radical (unpaired) electrons. The van der Waals surface area contributed by atoms with Gasteiger partial charge in [-0.05, 0) is 48.2 Å². The van der Waals surface area contributed by atoms with Crippen molar-refractivity contribution < 1.29 is 45.5 Å². The van der Waals surface area contributed by atoms with Crippen LogP contribution in [0.3, 0.4) is 0 Å². The molecule has 1 fully saturated rings. The van der Waals surface area contributed by atoms with E-state index in [1.54, 1.807) is 12.1 Å². The van der Waals surface area contributed by atoms with Crippen LogP contribution >= 0.6 is 0 Å². The van der Waals surface area contributed by atoms with Gasteiger partial charge in [0, 0.05) is 42.0 Å². The number of imide groups is 1. The molecule has 1 aliphatic heterocycles. The van der Waals surface area contributed by atoms with Crippen LogP contribution in [0.2, 0.25) is 0 Å². The summed E-state index contributed by atoms with van der Waals surface area (Å²) < 4.78 is 86.0. The fraction of sp³-hybridized carbons (Fsp3) is 0.310. The number of fused-ring (bicyclic) bond motifs is 2. The summed E-state index contributed by atoms with van der Waals surface area (Å²) in [5, 5.41) is 0. The molecule has 0 bridgehead atoms. The van der Waals surface area contributed by atoms with Crippen LogP contribution in [-0.4, -0.2) is 51.5 Å². The van der Waals surface area contributed by atoms with Crippen LogP contribution in [0, 0.1) is 5.82 Å². The zero-order valence-electron chi connectivity index (χ0n) is 22.0. The molecule has 1 aromatic heterocycles. The van der Waals surface area contributed by atoms with Crippen LogP contribution in [0.4, 0.5) is 31.1 Å². The summed E-state index contributed by atoms with van der Waals surface area (Å²) in [4.78, 5) is 44.4. The smallest absolute Gasteiger partial charge is 0.418 e. The highest BCUT2D eigenvalue weighted by Crippen LogP contribution is 2.46. The van der Waals surface area contributed by atoms with E-state index in [1.807, 2.05) is 0 Å². The standard InChI is InChI=1S/C29H23F6N3O4/c1-16(29(33,34)35)37(14-17-2-5-22(30)6-3-17)24(39)15-38-26(40)28(42-27(38)41)9-8-19-10-18(4-7-23(19)28)20-11-21(25(31)32)13-36-12-20/h2-7,10-13,16,25H,8-9,14-15H2,1H3/t16-,28+/m0/s1. The van der Waals surface area contributed by atoms with E-state index in [4.69, 9.17) is 4.74 Å². The normalized spacial score (nSPS) is 18.9. The highest BCUT2D eigenvalue weighted by molar-refractivity contribution is 6.06. The predicted molar refractivity (Wildman–Crippen MR) is 135 cm³/mol. The van der Waals surface area contributed by atoms with E-state index in [9.17, 15) is 40.7 Å². The SMILES string of the molecule is C[C@H](N(Cc1ccc(F)cc1)C(=O)CN1C(=O)O[C@@]2(CCc3cc(-c4cncc(C(F)F)c4)ccc32)C1=O)C(F)(F)F. The lowest BCUT2D eigenvalue weighted by atomic mass is 9.93. The van der Waals surface area contributed by atoms with Gasteiger partial charge in [-0.1, -0.05) is 30.3 Å². The van der Waals surface area contributed by atoms with Crippen molar-refractivity contribution in [2.24, 2.45) is 0 Å². The Morgan fingerprint density at radius 3 is 2.45 bits per heavy atom. The topological polar surface area (TPSA) is 79.8 Å². The molecule has 1 saturated heterocycles. The van der Waals surface area contributed by atoms with Gasteiger partial charge in [-0.2, -0.15) is 13.2 Å². The van der Waals surface area contributed by atoms with Gasteiger partial charge in [0.2, 0.25) is 11.5 Å². The van der Waals surface area contributed by atoms with Crippen molar-refractivity contribution in [3.63, 3.8) is 0 Å². The number of halogens is 6. The number of aryl methyl sites for hydroxylation is 1. The first-order valence-corrected chi connectivity index (χ1v) is 12.8. The van der Waals surface area contributed by atoms with E-state index in [0.717, 1.165) is 25.3 Å². The molecule has 1 spiro atoms. The summed E-state index contributed by atoms with van der Waals surface area (Å²) in [5.41, 5.74) is 0.0737. The zero-order valence-corrected chi connectivity index (χ0v) is 22.0. The van der Waals surface area contributed by atoms with Gasteiger partial charge < -0.3 is 9.64 Å². The Balaban J connectivity index is 1.39. The number of ether oxygens (including phenoxy) is 1. The Hall–Kier alpha value is -4.42. The zero-order chi connectivity index (χ0) is 30.4. The minimum atomic E-state index is -4.82. The fourth-order valence-electron chi connectivity index (χ4n) is 5.20. The lowest BCUT2D eigenvalue weighted by Gasteiger charge is -2.31. The lowest BCUT2D eigenvalue weighted by molar-refractivity contribution is -0.187. The van der Waals surface area contributed by atoms with E-state index in [0.29, 0.717) is 32.1 Å². The summed E-state index contributed by atoms with van der Waals surface area (Å²) >= 11 is 0. The third kappa shape index (κ3) is 5.30. The summed E-state index contributed by atoms with van der Waals surface area (Å²) in [6, 6.07) is 8.30. The molecule has 3 amide bonds. The Morgan fingerprint density at radius 2 is 1.79 bits per heavy atom. The number of alkyl halides is 5. The van der Waals surface area contributed by atoms with Gasteiger partial charge in [-0.3, -0.25) is 14.6 Å². The Labute approximate surface area is 235 Å². The Morgan fingerprint density at radius 1 is 1.07 bits per heavy atom. The van der Waals surface area contributed by atoms with Gasteiger partial charge in [0.25, 0.3) is 12.3 Å². The van der Waals surface area contributed by atoms with Crippen molar-refractivity contribution in [2.75, 3.05) is 6.54 Å². The quantitative estimate of drug-likeness (QED) is 0.319. The molecule has 2 aliphatic rings. The first-order valence-electron chi connectivity index (χ1n) is 12.8. The van der Waals surface area contributed by atoms with Crippen molar-refractivity contribution in [1.82, 2.24) is 14.8 Å². The molecule has 2 aromatic carbocycles. The fourth-order valence-corrected chi connectivity index (χ4v) is 5.20. The average molecular weight is 592 g/mol. The second-order valence-corrected chi connectivity index (χ2v) is 10.1. The third-order valence-corrected chi connectivity index (χ3v) is 7.53. The molecular formula is C29H23F6N3O4. The van der Waals surface area contributed by atoms with E-state index < -0.39 is 61.1 Å². The van der Waals surface area contributed by atoms with E-state index in [-0.39, 0.29) is 24.0 Å². The highest BCUT2D eigenvalue weighted by atomic mass is 19.4. The molecular weight excluding hydrogens is 568 g/mol. The molecule has 13 heteroatoms. The van der Waals surface area contributed by atoms with Gasteiger partial charge in [0.05, 0.1) is 0 Å². The largest absolute Gasteiger partial charge is 0.427 e. The number of amides is 3. The summed E-state index contributed by atoms with van der Waals surface area (Å²) in [5.74, 6) is -2.67. The van der Waals surface area contributed by atoms with E-state index in [1.165, 1.54) is 30.5 Å². The van der Waals surface area contributed by atoms with Crippen LogP contribution in [0.1, 0.15) is 42.0 Å². The number of rotatable bonds is 7. The van der Waals surface area contributed by atoms with Crippen molar-refractivity contribution >= 4 is 17.9 Å². The van der Waals surface area contributed by atoms with E-state index in [2.05, 4.69) is 4.98 Å². The highest BCUT2D eigenvalue weighted by Gasteiger charge is 2.58. The Kier molecular flexibility index (Phi) is 7.46. The maximum Gasteiger partial charge on any atom is 0.418 e. The number of benzene rings is 2.